The summed E-state index contributed by atoms with van der Waals surface area (Å²) in [7, 11) is 0. The van der Waals surface area contributed by atoms with E-state index in [1.165, 1.54) is 27.5 Å². The highest BCUT2D eigenvalue weighted by Crippen LogP contribution is 2.42. The molecule has 1 aliphatic rings. The van der Waals surface area contributed by atoms with Crippen LogP contribution in [0.2, 0.25) is 5.02 Å². The van der Waals surface area contributed by atoms with Crippen molar-refractivity contribution in [3.8, 4) is 0 Å². The predicted octanol–water partition coefficient (Wildman–Crippen LogP) is 6.70. The second kappa shape index (κ2) is 5.87. The maximum atomic E-state index is 6.46. The molecule has 1 heterocycles. The van der Waals surface area contributed by atoms with E-state index in [-0.39, 0.29) is 11.7 Å². The predicted molar refractivity (Wildman–Crippen MR) is 104 cm³/mol. The van der Waals surface area contributed by atoms with Crippen molar-refractivity contribution in [3.05, 3.63) is 80.8 Å². The van der Waals surface area contributed by atoms with Gasteiger partial charge >= 0.3 is 0 Å². The maximum Gasteiger partial charge on any atom is 0.109 e. The zero-order chi connectivity index (χ0) is 16.9. The van der Waals surface area contributed by atoms with Crippen LogP contribution in [0.25, 0.3) is 10.8 Å². The van der Waals surface area contributed by atoms with Crippen molar-refractivity contribution < 1.29 is 4.74 Å². The number of halogens is 2. The summed E-state index contributed by atoms with van der Waals surface area (Å²) in [5.41, 5.74) is 3.54. The molecule has 0 spiro atoms. The van der Waals surface area contributed by atoms with E-state index in [2.05, 4.69) is 78.3 Å². The third kappa shape index (κ3) is 2.88. The fourth-order valence-electron chi connectivity index (χ4n) is 3.55. The topological polar surface area (TPSA) is 9.23 Å². The molecule has 0 saturated heterocycles. The normalized spacial score (nSPS) is 19.2. The first-order valence-electron chi connectivity index (χ1n) is 8.07. The zero-order valence-corrected chi connectivity index (χ0v) is 16.0. The highest BCUT2D eigenvalue weighted by atomic mass is 79.9. The van der Waals surface area contributed by atoms with E-state index in [1.807, 2.05) is 6.07 Å². The van der Waals surface area contributed by atoms with Crippen molar-refractivity contribution in [2.24, 2.45) is 0 Å². The van der Waals surface area contributed by atoms with Crippen LogP contribution in [0.1, 0.15) is 36.6 Å². The van der Waals surface area contributed by atoms with Gasteiger partial charge in [0.2, 0.25) is 0 Å². The fourth-order valence-corrected chi connectivity index (χ4v) is 3.99. The van der Waals surface area contributed by atoms with Gasteiger partial charge in [0.25, 0.3) is 0 Å². The van der Waals surface area contributed by atoms with Crippen molar-refractivity contribution >= 4 is 38.3 Å². The number of rotatable bonds is 1. The first kappa shape index (κ1) is 16.1. The minimum atomic E-state index is -0.221. The van der Waals surface area contributed by atoms with Gasteiger partial charge < -0.3 is 4.74 Å². The molecule has 0 aliphatic carbocycles. The van der Waals surface area contributed by atoms with Gasteiger partial charge in [-0.05, 0) is 65.6 Å². The summed E-state index contributed by atoms with van der Waals surface area (Å²) in [6, 6.07) is 18.9. The summed E-state index contributed by atoms with van der Waals surface area (Å²) in [6.45, 7) is 4.32. The van der Waals surface area contributed by atoms with E-state index in [0.29, 0.717) is 0 Å². The maximum absolute atomic E-state index is 6.46. The van der Waals surface area contributed by atoms with Crippen LogP contribution >= 0.6 is 27.5 Å². The van der Waals surface area contributed by atoms with E-state index in [0.717, 1.165) is 15.9 Å². The number of hydrogen-bond acceptors (Lipinski definition) is 1. The molecule has 0 N–H and O–H groups in total. The third-order valence-corrected chi connectivity index (χ3v) is 5.39. The largest absolute Gasteiger partial charge is 0.363 e. The molecule has 3 aromatic rings. The average Bonchev–Trinajstić information content (AvgIpc) is 2.54. The molecule has 1 aliphatic heterocycles. The molecule has 0 aromatic heterocycles. The Kier molecular flexibility index (Phi) is 3.95. The Morgan fingerprint density at radius 2 is 1.75 bits per heavy atom. The van der Waals surface area contributed by atoms with Crippen LogP contribution in [0.15, 0.2) is 59.1 Å². The Hall–Kier alpha value is -1.35. The average molecular weight is 402 g/mol. The van der Waals surface area contributed by atoms with E-state index >= 15 is 0 Å². The lowest BCUT2D eigenvalue weighted by atomic mass is 9.83. The molecule has 0 fully saturated rings. The molecule has 0 radical (unpaired) electrons. The fraction of sp³-hybridized carbons (Fsp3) is 0.238. The monoisotopic (exact) mass is 400 g/mol. The zero-order valence-electron chi connectivity index (χ0n) is 13.6. The Labute approximate surface area is 155 Å². The van der Waals surface area contributed by atoms with E-state index in [9.17, 15) is 0 Å². The van der Waals surface area contributed by atoms with Crippen LogP contribution in [0, 0.1) is 0 Å². The van der Waals surface area contributed by atoms with Crippen LogP contribution in [-0.4, -0.2) is 5.60 Å². The minimum Gasteiger partial charge on any atom is -0.363 e. The Morgan fingerprint density at radius 3 is 2.50 bits per heavy atom. The van der Waals surface area contributed by atoms with E-state index in [1.54, 1.807) is 0 Å². The van der Waals surface area contributed by atoms with Crippen LogP contribution < -0.4 is 0 Å². The highest BCUT2D eigenvalue weighted by molar-refractivity contribution is 9.10. The quantitative estimate of drug-likeness (QED) is 0.441. The molecule has 1 unspecified atom stereocenters. The molecule has 3 aromatic carbocycles. The molecule has 4 rings (SSSR count). The van der Waals surface area contributed by atoms with Crippen molar-refractivity contribution in [1.29, 1.82) is 0 Å². The third-order valence-electron chi connectivity index (χ3n) is 4.63. The van der Waals surface area contributed by atoms with Gasteiger partial charge in [0.15, 0.2) is 0 Å². The van der Waals surface area contributed by atoms with Gasteiger partial charge in [0.1, 0.15) is 6.10 Å². The summed E-state index contributed by atoms with van der Waals surface area (Å²) in [5.74, 6) is 0. The van der Waals surface area contributed by atoms with Crippen LogP contribution in [0.5, 0.6) is 0 Å². The van der Waals surface area contributed by atoms with Crippen molar-refractivity contribution in [1.82, 2.24) is 0 Å². The number of benzene rings is 3. The van der Waals surface area contributed by atoms with E-state index < -0.39 is 0 Å². The second-order valence-corrected chi connectivity index (χ2v) is 8.34. The van der Waals surface area contributed by atoms with Gasteiger partial charge in [-0.25, -0.2) is 0 Å². The summed E-state index contributed by atoms with van der Waals surface area (Å²) in [4.78, 5) is 0. The van der Waals surface area contributed by atoms with Crippen LogP contribution in [-0.2, 0) is 11.2 Å². The Bertz CT molecular complexity index is 915. The van der Waals surface area contributed by atoms with Gasteiger partial charge in [0.05, 0.1) is 5.60 Å². The second-order valence-electron chi connectivity index (χ2n) is 6.98. The van der Waals surface area contributed by atoms with Gasteiger partial charge in [-0.15, -0.1) is 0 Å². The first-order chi connectivity index (χ1) is 11.4. The molecule has 1 nitrogen and oxygen atoms in total. The van der Waals surface area contributed by atoms with Gasteiger partial charge in [-0.3, -0.25) is 0 Å². The summed E-state index contributed by atoms with van der Waals surface area (Å²) < 4.78 is 7.53. The molecule has 122 valence electrons. The molecule has 3 heteroatoms. The lowest BCUT2D eigenvalue weighted by Crippen LogP contribution is -2.35. The smallest absolute Gasteiger partial charge is 0.109 e. The lowest BCUT2D eigenvalue weighted by molar-refractivity contribution is -0.0664. The Balaban J connectivity index is 1.94. The molecule has 1 atom stereocenters. The molecule has 0 amide bonds. The molecule has 0 saturated carbocycles. The molecule has 0 bridgehead atoms. The Morgan fingerprint density at radius 1 is 1.04 bits per heavy atom. The number of fused-ring (bicyclic) bond motifs is 3. The molecular weight excluding hydrogens is 384 g/mol. The van der Waals surface area contributed by atoms with Gasteiger partial charge in [0, 0.05) is 15.9 Å². The summed E-state index contributed by atoms with van der Waals surface area (Å²) >= 11 is 9.78. The van der Waals surface area contributed by atoms with Gasteiger partial charge in [-0.2, -0.15) is 0 Å². The lowest BCUT2D eigenvalue weighted by Gasteiger charge is -2.38. The van der Waals surface area contributed by atoms with Crippen molar-refractivity contribution in [2.45, 2.75) is 32.0 Å². The summed E-state index contributed by atoms with van der Waals surface area (Å²) in [5, 5.41) is 3.24. The standard InChI is InChI=1S/C21H18BrClO/c1-21(2)12-19-17(10-6-13-5-9-16(23)11-18(13)19)20(24-21)14-3-7-15(22)8-4-14/h3-11,20H,12H2,1-2H3. The highest BCUT2D eigenvalue weighted by Gasteiger charge is 2.34. The van der Waals surface area contributed by atoms with E-state index in [4.69, 9.17) is 16.3 Å². The van der Waals surface area contributed by atoms with Crippen molar-refractivity contribution in [3.63, 3.8) is 0 Å². The van der Waals surface area contributed by atoms with Crippen molar-refractivity contribution in [2.75, 3.05) is 0 Å². The van der Waals surface area contributed by atoms with Crippen LogP contribution in [0.4, 0.5) is 0 Å². The molecule has 24 heavy (non-hydrogen) atoms. The van der Waals surface area contributed by atoms with Gasteiger partial charge in [-0.1, -0.05) is 57.9 Å². The summed E-state index contributed by atoms with van der Waals surface area (Å²) in [6.07, 6.45) is 0.827. The number of hydrogen-bond donors (Lipinski definition) is 0. The molecular formula is C21H18BrClO. The first-order valence-corrected chi connectivity index (χ1v) is 9.24. The minimum absolute atomic E-state index is 0.0553. The van der Waals surface area contributed by atoms with Crippen LogP contribution in [0.3, 0.4) is 0 Å². The SMILES string of the molecule is CC1(C)Cc2c(ccc3ccc(Cl)cc23)C(c2ccc(Br)cc2)O1. The number of ether oxygens (including phenoxy) is 1.